The number of nitrogens with one attached hydrogen (secondary N) is 1. The highest BCUT2D eigenvalue weighted by molar-refractivity contribution is 5.89. The van der Waals surface area contributed by atoms with E-state index < -0.39 is 0 Å². The first kappa shape index (κ1) is 16.0. The molecule has 0 saturated carbocycles. The molecule has 1 aromatic heterocycles. The maximum atomic E-state index is 11.7. The third-order valence-corrected chi connectivity index (χ3v) is 4.12. The molecule has 0 unspecified atom stereocenters. The lowest BCUT2D eigenvalue weighted by molar-refractivity contribution is -0.116. The number of carbonyl (C=O) groups excluding carboxylic acids is 1. The van der Waals surface area contributed by atoms with Gasteiger partial charge < -0.3 is 14.8 Å². The summed E-state index contributed by atoms with van der Waals surface area (Å²) in [5.41, 5.74) is -0.0102. The number of hydrogen-bond acceptors (Lipinski definition) is 3. The summed E-state index contributed by atoms with van der Waals surface area (Å²) >= 11 is 0. The van der Waals surface area contributed by atoms with Crippen LogP contribution in [0.4, 0.5) is 5.82 Å². The fourth-order valence-electron chi connectivity index (χ4n) is 2.83. The van der Waals surface area contributed by atoms with Crippen molar-refractivity contribution in [3.63, 3.8) is 0 Å². The van der Waals surface area contributed by atoms with Gasteiger partial charge in [-0.3, -0.25) is 4.79 Å². The SMILES string of the molecule is CCCCC(=O)Nc1cn(C(C)(C)CN2CCCC2)cn1. The number of hydrogen-bond donors (Lipinski definition) is 1. The van der Waals surface area contributed by atoms with E-state index in [0.29, 0.717) is 12.2 Å². The van der Waals surface area contributed by atoms with E-state index >= 15 is 0 Å². The summed E-state index contributed by atoms with van der Waals surface area (Å²) in [6, 6.07) is 0. The van der Waals surface area contributed by atoms with Crippen molar-refractivity contribution in [3.8, 4) is 0 Å². The predicted molar refractivity (Wildman–Crippen MR) is 85.4 cm³/mol. The van der Waals surface area contributed by atoms with Crippen LogP contribution in [0.2, 0.25) is 0 Å². The fourth-order valence-corrected chi connectivity index (χ4v) is 2.83. The van der Waals surface area contributed by atoms with Gasteiger partial charge >= 0.3 is 0 Å². The van der Waals surface area contributed by atoms with Crippen molar-refractivity contribution >= 4 is 11.7 Å². The first-order chi connectivity index (χ1) is 10.0. The lowest BCUT2D eigenvalue weighted by atomic mass is 10.1. The van der Waals surface area contributed by atoms with E-state index in [-0.39, 0.29) is 11.4 Å². The Morgan fingerprint density at radius 3 is 2.76 bits per heavy atom. The van der Waals surface area contributed by atoms with Crippen LogP contribution in [0.5, 0.6) is 0 Å². The average Bonchev–Trinajstić information content (AvgIpc) is 3.07. The Balaban J connectivity index is 1.92. The third-order valence-electron chi connectivity index (χ3n) is 4.12. The van der Waals surface area contributed by atoms with Gasteiger partial charge in [0.2, 0.25) is 5.91 Å². The number of anilines is 1. The smallest absolute Gasteiger partial charge is 0.225 e. The summed E-state index contributed by atoms with van der Waals surface area (Å²) in [4.78, 5) is 18.6. The second-order valence-electron chi connectivity index (χ2n) is 6.61. The molecule has 1 fully saturated rings. The number of carbonyl (C=O) groups is 1. The Bertz CT molecular complexity index is 461. The molecule has 0 atom stereocenters. The lowest BCUT2D eigenvalue weighted by Gasteiger charge is -2.31. The quantitative estimate of drug-likeness (QED) is 0.840. The highest BCUT2D eigenvalue weighted by Crippen LogP contribution is 2.21. The van der Waals surface area contributed by atoms with Crippen molar-refractivity contribution in [1.82, 2.24) is 14.5 Å². The van der Waals surface area contributed by atoms with E-state index in [1.807, 2.05) is 12.5 Å². The van der Waals surface area contributed by atoms with Crippen molar-refractivity contribution in [2.75, 3.05) is 25.0 Å². The van der Waals surface area contributed by atoms with E-state index in [0.717, 1.165) is 19.4 Å². The van der Waals surface area contributed by atoms with Crippen LogP contribution in [0.3, 0.4) is 0 Å². The maximum Gasteiger partial charge on any atom is 0.225 e. The first-order valence-corrected chi connectivity index (χ1v) is 8.08. The van der Waals surface area contributed by atoms with Crippen LogP contribution in [-0.2, 0) is 10.3 Å². The molecule has 1 saturated heterocycles. The van der Waals surface area contributed by atoms with Crippen LogP contribution < -0.4 is 5.32 Å². The Labute approximate surface area is 127 Å². The minimum Gasteiger partial charge on any atom is -0.328 e. The molecule has 1 aliphatic heterocycles. The van der Waals surface area contributed by atoms with Crippen LogP contribution in [0.25, 0.3) is 0 Å². The molecule has 1 amide bonds. The minimum atomic E-state index is -0.0102. The number of rotatable bonds is 7. The Hall–Kier alpha value is -1.36. The van der Waals surface area contributed by atoms with Crippen LogP contribution in [-0.4, -0.2) is 40.0 Å². The second kappa shape index (κ2) is 7.07. The standard InChI is InChI=1S/C16H28N4O/c1-4-5-8-15(21)18-14-11-20(13-17-14)16(2,3)12-19-9-6-7-10-19/h11,13H,4-10,12H2,1-3H3,(H,18,21). The van der Waals surface area contributed by atoms with Crippen molar-refractivity contribution in [3.05, 3.63) is 12.5 Å². The van der Waals surface area contributed by atoms with E-state index in [1.54, 1.807) is 0 Å². The van der Waals surface area contributed by atoms with E-state index in [2.05, 4.69) is 40.5 Å². The highest BCUT2D eigenvalue weighted by Gasteiger charge is 2.25. The number of nitrogens with zero attached hydrogens (tertiary/aromatic N) is 3. The zero-order valence-electron chi connectivity index (χ0n) is 13.6. The summed E-state index contributed by atoms with van der Waals surface area (Å²) in [5.74, 6) is 0.713. The number of amides is 1. The summed E-state index contributed by atoms with van der Waals surface area (Å²) < 4.78 is 2.11. The zero-order valence-corrected chi connectivity index (χ0v) is 13.6. The van der Waals surface area contributed by atoms with Crippen LogP contribution in [0.1, 0.15) is 52.9 Å². The molecule has 2 heterocycles. The molecule has 0 spiro atoms. The summed E-state index contributed by atoms with van der Waals surface area (Å²) in [6.45, 7) is 9.93. The Morgan fingerprint density at radius 2 is 2.10 bits per heavy atom. The monoisotopic (exact) mass is 292 g/mol. The number of unbranched alkanes of at least 4 members (excludes halogenated alkanes) is 1. The number of likely N-dealkylation sites (tertiary alicyclic amines) is 1. The topological polar surface area (TPSA) is 50.2 Å². The number of aromatic nitrogens is 2. The first-order valence-electron chi connectivity index (χ1n) is 8.08. The molecular formula is C16H28N4O. The van der Waals surface area contributed by atoms with Crippen LogP contribution in [0.15, 0.2) is 12.5 Å². The molecule has 2 rings (SSSR count). The maximum absolute atomic E-state index is 11.7. The lowest BCUT2D eigenvalue weighted by Crippen LogP contribution is -2.39. The van der Waals surface area contributed by atoms with Crippen molar-refractivity contribution in [2.45, 2.75) is 58.4 Å². The van der Waals surface area contributed by atoms with Gasteiger partial charge in [-0.15, -0.1) is 0 Å². The molecule has 21 heavy (non-hydrogen) atoms. The number of imidazole rings is 1. The van der Waals surface area contributed by atoms with Crippen molar-refractivity contribution in [1.29, 1.82) is 0 Å². The molecule has 0 aromatic carbocycles. The second-order valence-corrected chi connectivity index (χ2v) is 6.61. The normalized spacial score (nSPS) is 16.3. The largest absolute Gasteiger partial charge is 0.328 e. The third kappa shape index (κ3) is 4.56. The van der Waals surface area contributed by atoms with Gasteiger partial charge in [-0.25, -0.2) is 4.98 Å². The molecule has 0 radical (unpaired) electrons. The molecule has 5 nitrogen and oxygen atoms in total. The molecule has 1 aromatic rings. The summed E-state index contributed by atoms with van der Waals surface area (Å²) in [7, 11) is 0. The minimum absolute atomic E-state index is 0.0102. The van der Waals surface area contributed by atoms with E-state index in [9.17, 15) is 4.79 Å². The fraction of sp³-hybridized carbons (Fsp3) is 0.750. The molecule has 5 heteroatoms. The van der Waals surface area contributed by atoms with Gasteiger partial charge in [0.1, 0.15) is 0 Å². The predicted octanol–water partition coefficient (Wildman–Crippen LogP) is 2.84. The molecule has 118 valence electrons. The van der Waals surface area contributed by atoms with Crippen LogP contribution in [0, 0.1) is 0 Å². The Kier molecular flexibility index (Phi) is 5.39. The van der Waals surface area contributed by atoms with Crippen molar-refractivity contribution in [2.24, 2.45) is 0 Å². The summed E-state index contributed by atoms with van der Waals surface area (Å²) in [5, 5.41) is 2.88. The Morgan fingerprint density at radius 1 is 1.38 bits per heavy atom. The van der Waals surface area contributed by atoms with E-state index in [1.165, 1.54) is 25.9 Å². The highest BCUT2D eigenvalue weighted by atomic mass is 16.1. The van der Waals surface area contributed by atoms with Gasteiger partial charge in [0.15, 0.2) is 5.82 Å². The van der Waals surface area contributed by atoms with Crippen LogP contribution >= 0.6 is 0 Å². The molecule has 1 aliphatic rings. The molecular weight excluding hydrogens is 264 g/mol. The van der Waals surface area contributed by atoms with Gasteiger partial charge in [-0.05, 0) is 46.2 Å². The molecule has 0 aliphatic carbocycles. The molecule has 1 N–H and O–H groups in total. The van der Waals surface area contributed by atoms with E-state index in [4.69, 9.17) is 0 Å². The summed E-state index contributed by atoms with van der Waals surface area (Å²) in [6.07, 6.45) is 8.90. The van der Waals surface area contributed by atoms with Gasteiger partial charge in [-0.2, -0.15) is 0 Å². The van der Waals surface area contributed by atoms with Gasteiger partial charge in [0.05, 0.1) is 11.9 Å². The van der Waals surface area contributed by atoms with Gasteiger partial charge in [0.25, 0.3) is 0 Å². The average molecular weight is 292 g/mol. The molecule has 0 bridgehead atoms. The van der Waals surface area contributed by atoms with Crippen molar-refractivity contribution < 1.29 is 4.79 Å². The zero-order chi connectivity index (χ0) is 15.3. The van der Waals surface area contributed by atoms with Gasteiger partial charge in [0, 0.05) is 19.2 Å². The van der Waals surface area contributed by atoms with Gasteiger partial charge in [-0.1, -0.05) is 13.3 Å².